The van der Waals surface area contributed by atoms with E-state index in [0.29, 0.717) is 5.89 Å². The maximum Gasteiger partial charge on any atom is 0.192 e. The topological polar surface area (TPSA) is 52.0 Å². The highest BCUT2D eigenvalue weighted by Gasteiger charge is 2.08. The number of nitrogens with zero attached hydrogens (tertiary/aromatic N) is 1. The number of rotatable bonds is 1. The molecule has 0 aliphatic carbocycles. The molecule has 1 aromatic carbocycles. The summed E-state index contributed by atoms with van der Waals surface area (Å²) in [6.07, 6.45) is 0. The first-order valence-electron chi connectivity index (χ1n) is 4.47. The van der Waals surface area contributed by atoms with Crippen molar-refractivity contribution in [1.29, 1.82) is 0 Å². The van der Waals surface area contributed by atoms with Crippen molar-refractivity contribution in [2.45, 2.75) is 13.8 Å². The molecule has 0 saturated heterocycles. The predicted octanol–water partition coefficient (Wildman–Crippen LogP) is 2.54. The number of benzene rings is 1. The summed E-state index contributed by atoms with van der Waals surface area (Å²) in [5, 5.41) is 0. The van der Waals surface area contributed by atoms with Gasteiger partial charge in [0.1, 0.15) is 0 Å². The third kappa shape index (κ3) is 1.48. The molecule has 1 heterocycles. The number of hydrogen-bond donors (Lipinski definition) is 1. The maximum absolute atomic E-state index is 5.60. The van der Waals surface area contributed by atoms with Gasteiger partial charge < -0.3 is 10.2 Å². The molecule has 0 atom stereocenters. The Morgan fingerprint density at radius 1 is 1.14 bits per heavy atom. The smallest absolute Gasteiger partial charge is 0.192 e. The van der Waals surface area contributed by atoms with Gasteiger partial charge in [-0.2, -0.15) is 0 Å². The van der Waals surface area contributed by atoms with Crippen molar-refractivity contribution in [2.24, 2.45) is 0 Å². The van der Waals surface area contributed by atoms with Crippen LogP contribution in [0.5, 0.6) is 0 Å². The van der Waals surface area contributed by atoms with Crippen LogP contribution in [0.2, 0.25) is 0 Å². The average Bonchev–Trinajstić information content (AvgIpc) is 2.47. The molecular weight excluding hydrogens is 176 g/mol. The van der Waals surface area contributed by atoms with E-state index in [9.17, 15) is 0 Å². The Balaban J connectivity index is 2.49. The first kappa shape index (κ1) is 8.81. The van der Waals surface area contributed by atoms with E-state index in [1.807, 2.05) is 38.1 Å². The minimum atomic E-state index is 0.689. The number of nitrogens with two attached hydrogens (primary N) is 1. The Bertz CT molecular complexity index is 443. The summed E-state index contributed by atoms with van der Waals surface area (Å²) in [5.74, 6) is 1.51. The first-order valence-corrected chi connectivity index (χ1v) is 4.47. The SMILES string of the molecule is Cc1nc(C)c(-c2ccc(N)cc2)o1. The lowest BCUT2D eigenvalue weighted by Gasteiger charge is -1.97. The zero-order chi connectivity index (χ0) is 10.1. The van der Waals surface area contributed by atoms with Gasteiger partial charge in [-0.15, -0.1) is 0 Å². The van der Waals surface area contributed by atoms with Crippen LogP contribution in [0.15, 0.2) is 28.7 Å². The number of aromatic nitrogens is 1. The van der Waals surface area contributed by atoms with Crippen LogP contribution in [0.3, 0.4) is 0 Å². The molecule has 1 aromatic heterocycles. The van der Waals surface area contributed by atoms with Crippen LogP contribution >= 0.6 is 0 Å². The number of aryl methyl sites for hydroxylation is 2. The summed E-state index contributed by atoms with van der Waals surface area (Å²) in [5.41, 5.74) is 8.28. The Morgan fingerprint density at radius 2 is 1.79 bits per heavy atom. The molecular formula is C11H12N2O. The van der Waals surface area contributed by atoms with E-state index in [-0.39, 0.29) is 0 Å². The molecule has 2 N–H and O–H groups in total. The Morgan fingerprint density at radius 3 is 2.29 bits per heavy atom. The number of anilines is 1. The third-order valence-electron chi connectivity index (χ3n) is 2.08. The van der Waals surface area contributed by atoms with Gasteiger partial charge in [0.2, 0.25) is 0 Å². The normalized spacial score (nSPS) is 10.4. The minimum absolute atomic E-state index is 0.689. The lowest BCUT2D eigenvalue weighted by atomic mass is 10.1. The van der Waals surface area contributed by atoms with E-state index in [1.54, 1.807) is 0 Å². The highest BCUT2D eigenvalue weighted by Crippen LogP contribution is 2.24. The summed E-state index contributed by atoms with van der Waals surface area (Å²) >= 11 is 0. The zero-order valence-electron chi connectivity index (χ0n) is 8.24. The largest absolute Gasteiger partial charge is 0.441 e. The van der Waals surface area contributed by atoms with Gasteiger partial charge in [-0.3, -0.25) is 0 Å². The van der Waals surface area contributed by atoms with Crippen LogP contribution in [0.1, 0.15) is 11.6 Å². The van der Waals surface area contributed by atoms with Gasteiger partial charge in [-0.1, -0.05) is 0 Å². The molecule has 0 radical (unpaired) electrons. The van der Waals surface area contributed by atoms with Crippen molar-refractivity contribution in [3.63, 3.8) is 0 Å². The Kier molecular flexibility index (Phi) is 2.00. The molecule has 3 heteroatoms. The molecule has 0 bridgehead atoms. The molecule has 2 aromatic rings. The summed E-state index contributed by atoms with van der Waals surface area (Å²) < 4.78 is 5.49. The van der Waals surface area contributed by atoms with Crippen molar-refractivity contribution >= 4 is 5.69 Å². The van der Waals surface area contributed by atoms with Crippen LogP contribution in [0.4, 0.5) is 5.69 Å². The second-order valence-electron chi connectivity index (χ2n) is 3.27. The standard InChI is InChI=1S/C11H12N2O/c1-7-11(14-8(2)13-7)9-3-5-10(12)6-4-9/h3-6H,12H2,1-2H3. The van der Waals surface area contributed by atoms with E-state index in [4.69, 9.17) is 10.2 Å². The van der Waals surface area contributed by atoms with Crippen molar-refractivity contribution in [3.8, 4) is 11.3 Å². The fourth-order valence-corrected chi connectivity index (χ4v) is 1.43. The van der Waals surface area contributed by atoms with Gasteiger partial charge in [0, 0.05) is 18.2 Å². The van der Waals surface area contributed by atoms with Crippen molar-refractivity contribution < 1.29 is 4.42 Å². The Labute approximate surface area is 82.6 Å². The van der Waals surface area contributed by atoms with Gasteiger partial charge in [0.15, 0.2) is 11.7 Å². The molecule has 0 saturated carbocycles. The highest BCUT2D eigenvalue weighted by molar-refractivity contribution is 5.62. The van der Waals surface area contributed by atoms with Gasteiger partial charge in [-0.25, -0.2) is 4.98 Å². The lowest BCUT2D eigenvalue weighted by Crippen LogP contribution is -1.84. The molecule has 14 heavy (non-hydrogen) atoms. The quantitative estimate of drug-likeness (QED) is 0.699. The van der Waals surface area contributed by atoms with Gasteiger partial charge in [0.25, 0.3) is 0 Å². The molecule has 0 aliphatic heterocycles. The summed E-state index contributed by atoms with van der Waals surface area (Å²) in [7, 11) is 0. The second kappa shape index (κ2) is 3.18. The van der Waals surface area contributed by atoms with Crippen molar-refractivity contribution in [2.75, 3.05) is 5.73 Å². The van der Waals surface area contributed by atoms with Crippen LogP contribution in [-0.4, -0.2) is 4.98 Å². The molecule has 0 unspecified atom stereocenters. The maximum atomic E-state index is 5.60. The van der Waals surface area contributed by atoms with Gasteiger partial charge >= 0.3 is 0 Å². The lowest BCUT2D eigenvalue weighted by molar-refractivity contribution is 0.534. The Hall–Kier alpha value is -1.77. The molecule has 3 nitrogen and oxygen atoms in total. The summed E-state index contributed by atoms with van der Waals surface area (Å²) in [6, 6.07) is 7.57. The highest BCUT2D eigenvalue weighted by atomic mass is 16.4. The molecule has 0 amide bonds. The fraction of sp³-hybridized carbons (Fsp3) is 0.182. The summed E-state index contributed by atoms with van der Waals surface area (Å²) in [6.45, 7) is 3.77. The number of nitrogen functional groups attached to an aromatic ring is 1. The van der Waals surface area contributed by atoms with E-state index in [0.717, 1.165) is 22.7 Å². The predicted molar refractivity (Wildman–Crippen MR) is 55.8 cm³/mol. The molecule has 72 valence electrons. The number of oxazole rings is 1. The van der Waals surface area contributed by atoms with E-state index in [2.05, 4.69) is 4.98 Å². The molecule has 0 spiro atoms. The molecule has 0 fully saturated rings. The van der Waals surface area contributed by atoms with Crippen molar-refractivity contribution in [1.82, 2.24) is 4.98 Å². The van der Waals surface area contributed by atoms with E-state index in [1.165, 1.54) is 0 Å². The van der Waals surface area contributed by atoms with Crippen LogP contribution in [0.25, 0.3) is 11.3 Å². The average molecular weight is 188 g/mol. The van der Waals surface area contributed by atoms with E-state index < -0.39 is 0 Å². The summed E-state index contributed by atoms with van der Waals surface area (Å²) in [4.78, 5) is 4.21. The van der Waals surface area contributed by atoms with Crippen LogP contribution in [0, 0.1) is 13.8 Å². The van der Waals surface area contributed by atoms with E-state index >= 15 is 0 Å². The third-order valence-corrected chi connectivity index (χ3v) is 2.08. The molecule has 0 aliphatic rings. The molecule has 2 rings (SSSR count). The van der Waals surface area contributed by atoms with Gasteiger partial charge in [-0.05, 0) is 31.2 Å². The monoisotopic (exact) mass is 188 g/mol. The van der Waals surface area contributed by atoms with Crippen LogP contribution < -0.4 is 5.73 Å². The van der Waals surface area contributed by atoms with Crippen molar-refractivity contribution in [3.05, 3.63) is 35.9 Å². The minimum Gasteiger partial charge on any atom is -0.441 e. The zero-order valence-corrected chi connectivity index (χ0v) is 8.24. The second-order valence-corrected chi connectivity index (χ2v) is 3.27. The number of hydrogen-bond acceptors (Lipinski definition) is 3. The van der Waals surface area contributed by atoms with Gasteiger partial charge in [0.05, 0.1) is 5.69 Å². The first-order chi connectivity index (χ1) is 6.66. The van der Waals surface area contributed by atoms with Crippen LogP contribution in [-0.2, 0) is 0 Å². The fourth-order valence-electron chi connectivity index (χ4n) is 1.43.